The van der Waals surface area contributed by atoms with Gasteiger partial charge in [0.25, 0.3) is 0 Å². The van der Waals surface area contributed by atoms with Crippen LogP contribution in [0.5, 0.6) is 0 Å². The number of nitrogens with two attached hydrogens (primary N) is 1. The first-order chi connectivity index (χ1) is 7.69. The molecule has 16 heavy (non-hydrogen) atoms. The smallest absolute Gasteiger partial charge is 0.00130 e. The second-order valence-electron chi connectivity index (χ2n) is 6.35. The zero-order valence-electron chi connectivity index (χ0n) is 11.0. The topological polar surface area (TPSA) is 29.3 Å². The Bertz CT molecular complexity index is 207. The van der Waals surface area contributed by atoms with Crippen molar-refractivity contribution in [2.24, 2.45) is 29.4 Å². The summed E-state index contributed by atoms with van der Waals surface area (Å²) in [5.41, 5.74) is 5.87. The Morgan fingerprint density at radius 3 is 2.31 bits per heavy atom. The van der Waals surface area contributed by atoms with Gasteiger partial charge in [-0.05, 0) is 49.5 Å². The molecule has 0 spiro atoms. The van der Waals surface area contributed by atoms with Crippen molar-refractivity contribution in [1.82, 2.24) is 4.90 Å². The van der Waals surface area contributed by atoms with Gasteiger partial charge in [0.1, 0.15) is 0 Å². The van der Waals surface area contributed by atoms with Crippen molar-refractivity contribution >= 4 is 0 Å². The highest BCUT2D eigenvalue weighted by atomic mass is 15.1. The van der Waals surface area contributed by atoms with Crippen LogP contribution in [-0.2, 0) is 0 Å². The van der Waals surface area contributed by atoms with E-state index in [-0.39, 0.29) is 0 Å². The molecule has 0 amide bonds. The van der Waals surface area contributed by atoms with Gasteiger partial charge in [-0.2, -0.15) is 0 Å². The Kier molecular flexibility index (Phi) is 4.26. The van der Waals surface area contributed by atoms with Gasteiger partial charge in [-0.3, -0.25) is 0 Å². The minimum atomic E-state index is 0.813. The summed E-state index contributed by atoms with van der Waals surface area (Å²) in [6.45, 7) is 9.66. The van der Waals surface area contributed by atoms with Crippen molar-refractivity contribution in [3.63, 3.8) is 0 Å². The van der Waals surface area contributed by atoms with Gasteiger partial charge in [0.05, 0.1) is 0 Å². The molecule has 94 valence electrons. The predicted molar refractivity (Wildman–Crippen MR) is 69.3 cm³/mol. The van der Waals surface area contributed by atoms with Crippen LogP contribution in [0.15, 0.2) is 0 Å². The van der Waals surface area contributed by atoms with E-state index in [1.165, 1.54) is 45.3 Å². The first-order valence-electron chi connectivity index (χ1n) is 7.11. The maximum Gasteiger partial charge on any atom is 0.00130 e. The maximum atomic E-state index is 5.87. The van der Waals surface area contributed by atoms with Gasteiger partial charge in [-0.25, -0.2) is 0 Å². The number of likely N-dealkylation sites (tertiary alicyclic amines) is 1. The summed E-state index contributed by atoms with van der Waals surface area (Å²) in [6, 6.07) is 0. The maximum absolute atomic E-state index is 5.87. The average molecular weight is 224 g/mol. The summed E-state index contributed by atoms with van der Waals surface area (Å²) in [7, 11) is 0. The van der Waals surface area contributed by atoms with Crippen molar-refractivity contribution in [2.45, 2.75) is 39.5 Å². The van der Waals surface area contributed by atoms with Gasteiger partial charge in [0, 0.05) is 19.6 Å². The van der Waals surface area contributed by atoms with Crippen LogP contribution < -0.4 is 5.73 Å². The Hall–Kier alpha value is -0.0800. The molecular formula is C14H28N2. The zero-order valence-corrected chi connectivity index (χ0v) is 11.0. The SMILES string of the molecule is CC1CC(C)CN(CC2CCCC2CN)C1. The Labute approximate surface area is 101 Å². The molecule has 1 heterocycles. The van der Waals surface area contributed by atoms with Crippen LogP contribution in [-0.4, -0.2) is 31.1 Å². The summed E-state index contributed by atoms with van der Waals surface area (Å²) in [6.07, 6.45) is 5.62. The normalized spacial score (nSPS) is 41.4. The first kappa shape index (κ1) is 12.4. The summed E-state index contributed by atoms with van der Waals surface area (Å²) >= 11 is 0. The summed E-state index contributed by atoms with van der Waals surface area (Å²) in [5.74, 6) is 3.48. The largest absolute Gasteiger partial charge is 0.330 e. The fourth-order valence-corrected chi connectivity index (χ4v) is 3.94. The Morgan fingerprint density at radius 2 is 1.69 bits per heavy atom. The standard InChI is InChI=1S/C14H28N2/c1-11-6-12(2)9-16(8-11)10-14-5-3-4-13(14)7-15/h11-14H,3-10,15H2,1-2H3. The second kappa shape index (κ2) is 5.50. The van der Waals surface area contributed by atoms with E-state index in [0.29, 0.717) is 0 Å². The second-order valence-corrected chi connectivity index (χ2v) is 6.35. The molecule has 0 bridgehead atoms. The molecule has 1 aliphatic carbocycles. The minimum Gasteiger partial charge on any atom is -0.330 e. The molecule has 0 aromatic rings. The van der Waals surface area contributed by atoms with E-state index in [4.69, 9.17) is 5.73 Å². The Morgan fingerprint density at radius 1 is 1.06 bits per heavy atom. The molecule has 2 N–H and O–H groups in total. The lowest BCUT2D eigenvalue weighted by atomic mass is 9.89. The fourth-order valence-electron chi connectivity index (χ4n) is 3.94. The highest BCUT2D eigenvalue weighted by Gasteiger charge is 2.30. The monoisotopic (exact) mass is 224 g/mol. The van der Waals surface area contributed by atoms with E-state index >= 15 is 0 Å². The quantitative estimate of drug-likeness (QED) is 0.797. The van der Waals surface area contributed by atoms with E-state index in [9.17, 15) is 0 Å². The van der Waals surface area contributed by atoms with Crippen LogP contribution in [0.3, 0.4) is 0 Å². The molecule has 2 rings (SSSR count). The lowest BCUT2D eigenvalue weighted by Gasteiger charge is -2.37. The van der Waals surface area contributed by atoms with Gasteiger partial charge < -0.3 is 10.6 Å². The van der Waals surface area contributed by atoms with Crippen molar-refractivity contribution < 1.29 is 0 Å². The number of nitrogens with zero attached hydrogens (tertiary/aromatic N) is 1. The van der Waals surface area contributed by atoms with Crippen LogP contribution in [0.2, 0.25) is 0 Å². The van der Waals surface area contributed by atoms with Crippen LogP contribution in [0, 0.1) is 23.7 Å². The van der Waals surface area contributed by atoms with Crippen LogP contribution in [0.1, 0.15) is 39.5 Å². The van der Waals surface area contributed by atoms with Gasteiger partial charge in [0.2, 0.25) is 0 Å². The van der Waals surface area contributed by atoms with Crippen molar-refractivity contribution in [2.75, 3.05) is 26.2 Å². The zero-order chi connectivity index (χ0) is 11.5. The van der Waals surface area contributed by atoms with Crippen molar-refractivity contribution in [3.8, 4) is 0 Å². The number of rotatable bonds is 3. The molecule has 2 fully saturated rings. The van der Waals surface area contributed by atoms with Gasteiger partial charge >= 0.3 is 0 Å². The third-order valence-electron chi connectivity index (χ3n) is 4.56. The van der Waals surface area contributed by atoms with E-state index in [1.54, 1.807) is 0 Å². The first-order valence-corrected chi connectivity index (χ1v) is 7.11. The molecule has 1 saturated heterocycles. The third kappa shape index (κ3) is 2.98. The molecule has 1 saturated carbocycles. The van der Waals surface area contributed by atoms with E-state index in [0.717, 1.165) is 30.2 Å². The summed E-state index contributed by atoms with van der Waals surface area (Å²) < 4.78 is 0. The fraction of sp³-hybridized carbons (Fsp3) is 1.00. The molecule has 0 aromatic carbocycles. The molecule has 2 aliphatic rings. The number of hydrogen-bond donors (Lipinski definition) is 1. The molecule has 4 unspecified atom stereocenters. The highest BCUT2D eigenvalue weighted by Crippen LogP contribution is 2.33. The third-order valence-corrected chi connectivity index (χ3v) is 4.56. The van der Waals surface area contributed by atoms with Crippen molar-refractivity contribution in [3.05, 3.63) is 0 Å². The number of hydrogen-bond acceptors (Lipinski definition) is 2. The lowest BCUT2D eigenvalue weighted by Crippen LogP contribution is -2.42. The summed E-state index contributed by atoms with van der Waals surface area (Å²) in [4.78, 5) is 2.71. The van der Waals surface area contributed by atoms with Crippen LogP contribution in [0.4, 0.5) is 0 Å². The number of piperidine rings is 1. The van der Waals surface area contributed by atoms with E-state index in [2.05, 4.69) is 18.7 Å². The molecule has 2 heteroatoms. The molecule has 1 aliphatic heterocycles. The molecular weight excluding hydrogens is 196 g/mol. The van der Waals surface area contributed by atoms with E-state index in [1.807, 2.05) is 0 Å². The highest BCUT2D eigenvalue weighted by molar-refractivity contribution is 4.83. The Balaban J connectivity index is 1.84. The molecule has 0 radical (unpaired) electrons. The predicted octanol–water partition coefficient (Wildman–Crippen LogP) is 2.34. The van der Waals surface area contributed by atoms with Gasteiger partial charge in [-0.1, -0.05) is 20.3 Å². The van der Waals surface area contributed by atoms with Gasteiger partial charge in [-0.15, -0.1) is 0 Å². The molecule has 0 aromatic heterocycles. The molecule has 4 atom stereocenters. The van der Waals surface area contributed by atoms with Crippen LogP contribution in [0.25, 0.3) is 0 Å². The molecule has 2 nitrogen and oxygen atoms in total. The minimum absolute atomic E-state index is 0.813. The average Bonchev–Trinajstić information content (AvgIpc) is 2.63. The van der Waals surface area contributed by atoms with Crippen LogP contribution >= 0.6 is 0 Å². The lowest BCUT2D eigenvalue weighted by molar-refractivity contribution is 0.113. The van der Waals surface area contributed by atoms with E-state index < -0.39 is 0 Å². The van der Waals surface area contributed by atoms with Gasteiger partial charge in [0.15, 0.2) is 0 Å². The summed E-state index contributed by atoms with van der Waals surface area (Å²) in [5, 5.41) is 0. The van der Waals surface area contributed by atoms with Crippen molar-refractivity contribution in [1.29, 1.82) is 0 Å².